The van der Waals surface area contributed by atoms with Gasteiger partial charge in [0.1, 0.15) is 11.2 Å². The van der Waals surface area contributed by atoms with Crippen LogP contribution in [0.4, 0.5) is 0 Å². The zero-order chi connectivity index (χ0) is 40.3. The van der Waals surface area contributed by atoms with Crippen LogP contribution in [0.15, 0.2) is 186 Å². The van der Waals surface area contributed by atoms with Crippen molar-refractivity contribution in [2.24, 2.45) is 0 Å². The lowest BCUT2D eigenvalue weighted by molar-refractivity contribution is 0.660. The Morgan fingerprint density at radius 3 is 1.77 bits per heavy atom. The van der Waals surface area contributed by atoms with E-state index >= 15 is 0 Å². The fraction of sp³-hybridized carbons (Fsp3) is 0.0847. The molecule has 1 aliphatic carbocycles. The minimum Gasteiger partial charge on any atom is -0.455 e. The Morgan fingerprint density at radius 1 is 0.417 bits per heavy atom. The average Bonchev–Trinajstić information content (AvgIpc) is 3.79. The summed E-state index contributed by atoms with van der Waals surface area (Å²) in [4.78, 5) is 0. The van der Waals surface area contributed by atoms with Gasteiger partial charge >= 0.3 is 0 Å². The maximum absolute atomic E-state index is 6.66. The summed E-state index contributed by atoms with van der Waals surface area (Å²) in [6, 6.07) is 67.2. The van der Waals surface area contributed by atoms with E-state index in [1.54, 1.807) is 0 Å². The summed E-state index contributed by atoms with van der Waals surface area (Å²) in [5.74, 6) is 0. The summed E-state index contributed by atoms with van der Waals surface area (Å²) in [6.45, 7) is 9.39. The molecule has 0 atom stereocenters. The van der Waals surface area contributed by atoms with Crippen molar-refractivity contribution >= 4 is 76.2 Å². The molecule has 1 heteroatoms. The van der Waals surface area contributed by atoms with E-state index in [1.807, 2.05) is 0 Å². The predicted molar refractivity (Wildman–Crippen MR) is 255 cm³/mol. The number of rotatable bonds is 3. The molecule has 1 aromatic heterocycles. The third kappa shape index (κ3) is 4.87. The number of furan rings is 1. The Kier molecular flexibility index (Phi) is 7.47. The van der Waals surface area contributed by atoms with Gasteiger partial charge in [0, 0.05) is 21.6 Å². The molecular formula is C59H42O. The topological polar surface area (TPSA) is 13.1 Å². The molecule has 0 radical (unpaired) electrons. The van der Waals surface area contributed by atoms with E-state index in [0.717, 1.165) is 16.6 Å². The predicted octanol–water partition coefficient (Wildman–Crippen LogP) is 14.6. The number of para-hydroxylation sites is 1. The first-order valence-electron chi connectivity index (χ1n) is 21.1. The second-order valence-electron chi connectivity index (χ2n) is 17.2. The molecule has 1 heterocycles. The van der Waals surface area contributed by atoms with Crippen molar-refractivity contribution in [3.05, 3.63) is 215 Å². The lowest BCUT2D eigenvalue weighted by atomic mass is 9.81. The Bertz CT molecular complexity index is 3700. The van der Waals surface area contributed by atoms with Crippen LogP contribution >= 0.6 is 0 Å². The maximum Gasteiger partial charge on any atom is 0.143 e. The van der Waals surface area contributed by atoms with Crippen molar-refractivity contribution < 1.29 is 4.42 Å². The van der Waals surface area contributed by atoms with Gasteiger partial charge < -0.3 is 4.42 Å². The standard InChI is InChI=1S/C59H42O/c1-35(39-29-32-50-52(34-39)59(3,4)51-33-30-38-28-31-49-43-21-13-14-27-53(43)60-58(49)55(38)57(50)51)40-18-7-8-19-41(40)36(2)54-45-22-9-11-24-47(45)56(48-25-12-10-23-46(48)54)44-26-15-17-37-16-5-6-20-42(37)44/h5-34H,1-4H3/b40-35+,41-36+. The molecule has 0 fully saturated rings. The summed E-state index contributed by atoms with van der Waals surface area (Å²) in [5, 5.41) is 14.9. The van der Waals surface area contributed by atoms with E-state index in [0.29, 0.717) is 0 Å². The summed E-state index contributed by atoms with van der Waals surface area (Å²) in [5.41, 5.74) is 14.7. The van der Waals surface area contributed by atoms with Gasteiger partial charge in [-0.1, -0.05) is 178 Å². The molecule has 0 spiro atoms. The SMILES string of the molecule is C/C(c1ccc2c(c1)C(C)(C)c1ccc3ccc4c5ccccc5oc4c3c1-2)=c1/cccc/c1=C(/C)c1c2ccccc2c(-c2cccc3ccccc23)c2ccccc12. The first-order chi connectivity index (χ1) is 29.4. The van der Waals surface area contributed by atoms with Crippen molar-refractivity contribution in [3.8, 4) is 22.3 Å². The first-order valence-corrected chi connectivity index (χ1v) is 21.1. The summed E-state index contributed by atoms with van der Waals surface area (Å²) >= 11 is 0. The minimum absolute atomic E-state index is 0.186. The van der Waals surface area contributed by atoms with Crippen LogP contribution in [-0.2, 0) is 5.41 Å². The zero-order valence-electron chi connectivity index (χ0n) is 34.2. The number of hydrogen-bond donors (Lipinski definition) is 0. The molecule has 0 bridgehead atoms. The monoisotopic (exact) mass is 766 g/mol. The van der Waals surface area contributed by atoms with Crippen molar-refractivity contribution in [2.45, 2.75) is 33.1 Å². The molecule has 284 valence electrons. The Labute approximate surface area is 349 Å². The number of fused-ring (bicyclic) bond motifs is 12. The normalized spacial score (nSPS) is 14.3. The summed E-state index contributed by atoms with van der Waals surface area (Å²) in [7, 11) is 0. The van der Waals surface area contributed by atoms with Crippen LogP contribution in [0.3, 0.4) is 0 Å². The van der Waals surface area contributed by atoms with Crippen LogP contribution in [-0.4, -0.2) is 0 Å². The van der Waals surface area contributed by atoms with Crippen molar-refractivity contribution in [3.63, 3.8) is 0 Å². The van der Waals surface area contributed by atoms with Crippen LogP contribution in [0.2, 0.25) is 0 Å². The van der Waals surface area contributed by atoms with Gasteiger partial charge in [-0.2, -0.15) is 0 Å². The minimum atomic E-state index is -0.186. The van der Waals surface area contributed by atoms with Gasteiger partial charge in [0.15, 0.2) is 0 Å². The molecule has 0 amide bonds. The average molecular weight is 767 g/mol. The van der Waals surface area contributed by atoms with Crippen molar-refractivity contribution in [1.29, 1.82) is 0 Å². The highest BCUT2D eigenvalue weighted by Crippen LogP contribution is 2.53. The first kappa shape index (κ1) is 34.8. The molecule has 0 unspecified atom stereocenters. The van der Waals surface area contributed by atoms with Crippen LogP contribution in [0, 0.1) is 0 Å². The van der Waals surface area contributed by atoms with Gasteiger partial charge in [-0.15, -0.1) is 0 Å². The van der Waals surface area contributed by atoms with E-state index in [9.17, 15) is 0 Å². The van der Waals surface area contributed by atoms with Crippen LogP contribution in [0.1, 0.15) is 49.9 Å². The molecule has 12 rings (SSSR count). The Balaban J connectivity index is 1.09. The van der Waals surface area contributed by atoms with E-state index in [-0.39, 0.29) is 5.41 Å². The van der Waals surface area contributed by atoms with Gasteiger partial charge in [-0.05, 0) is 136 Å². The number of benzene rings is 10. The largest absolute Gasteiger partial charge is 0.455 e. The second kappa shape index (κ2) is 12.9. The fourth-order valence-electron chi connectivity index (χ4n) is 10.7. The highest BCUT2D eigenvalue weighted by molar-refractivity contribution is 6.22. The molecular weight excluding hydrogens is 725 g/mol. The van der Waals surface area contributed by atoms with Gasteiger partial charge in [0.05, 0.1) is 0 Å². The Morgan fingerprint density at radius 2 is 1.02 bits per heavy atom. The second-order valence-corrected chi connectivity index (χ2v) is 17.2. The van der Waals surface area contributed by atoms with Crippen LogP contribution in [0.5, 0.6) is 0 Å². The zero-order valence-corrected chi connectivity index (χ0v) is 34.2. The lowest BCUT2D eigenvalue weighted by Crippen LogP contribution is -2.28. The maximum atomic E-state index is 6.66. The third-order valence-electron chi connectivity index (χ3n) is 13.7. The molecule has 60 heavy (non-hydrogen) atoms. The molecule has 10 aromatic carbocycles. The number of hydrogen-bond acceptors (Lipinski definition) is 1. The van der Waals surface area contributed by atoms with Crippen molar-refractivity contribution in [2.75, 3.05) is 0 Å². The molecule has 0 aliphatic heterocycles. The molecule has 1 nitrogen and oxygen atoms in total. The van der Waals surface area contributed by atoms with E-state index in [2.05, 4.69) is 210 Å². The van der Waals surface area contributed by atoms with Gasteiger partial charge in [-0.25, -0.2) is 0 Å². The van der Waals surface area contributed by atoms with Crippen molar-refractivity contribution in [1.82, 2.24) is 0 Å². The summed E-state index contributed by atoms with van der Waals surface area (Å²) in [6.07, 6.45) is 0. The molecule has 0 saturated carbocycles. The molecule has 0 saturated heterocycles. The Hall–Kier alpha value is -7.22. The highest BCUT2D eigenvalue weighted by Gasteiger charge is 2.37. The van der Waals surface area contributed by atoms with Crippen LogP contribution < -0.4 is 10.4 Å². The lowest BCUT2D eigenvalue weighted by Gasteiger charge is -2.22. The highest BCUT2D eigenvalue weighted by atomic mass is 16.3. The smallest absolute Gasteiger partial charge is 0.143 e. The molecule has 1 aliphatic rings. The van der Waals surface area contributed by atoms with Gasteiger partial charge in [0.25, 0.3) is 0 Å². The summed E-state index contributed by atoms with van der Waals surface area (Å²) < 4.78 is 6.66. The fourth-order valence-corrected chi connectivity index (χ4v) is 10.7. The van der Waals surface area contributed by atoms with Gasteiger partial charge in [0.2, 0.25) is 0 Å². The van der Waals surface area contributed by atoms with Gasteiger partial charge in [-0.3, -0.25) is 0 Å². The van der Waals surface area contributed by atoms with Crippen LogP contribution in [0.25, 0.3) is 98.4 Å². The van der Waals surface area contributed by atoms with E-state index in [4.69, 9.17) is 4.42 Å². The molecule has 11 aromatic rings. The third-order valence-corrected chi connectivity index (χ3v) is 13.7. The quantitative estimate of drug-likeness (QED) is 0.163. The van der Waals surface area contributed by atoms with E-state index < -0.39 is 0 Å². The molecule has 0 N–H and O–H groups in total. The van der Waals surface area contributed by atoms with E-state index in [1.165, 1.54) is 115 Å².